The number of nitrogens with zero attached hydrogens (tertiary/aromatic N) is 2. The molecule has 1 N–H and O–H groups in total. The van der Waals surface area contributed by atoms with Gasteiger partial charge in [-0.1, -0.05) is 5.16 Å². The van der Waals surface area contributed by atoms with Gasteiger partial charge >= 0.3 is 6.09 Å². The van der Waals surface area contributed by atoms with E-state index in [2.05, 4.69) is 10.5 Å². The lowest BCUT2D eigenvalue weighted by Crippen LogP contribution is -2.44. The predicted molar refractivity (Wildman–Crippen MR) is 65.0 cm³/mol. The molecule has 0 unspecified atom stereocenters. The standard InChI is InChI=1S/C12H19N3O3/c1-2-17-12(16)15-7-4-10(5-8-15)13-9-11-3-6-14-18-11/h3,6,10,13H,2,4-5,7-9H2,1H3. The Labute approximate surface area is 106 Å². The van der Waals surface area contributed by atoms with Gasteiger partial charge in [0.15, 0.2) is 0 Å². The highest BCUT2D eigenvalue weighted by atomic mass is 16.6. The summed E-state index contributed by atoms with van der Waals surface area (Å²) in [5.41, 5.74) is 0. The van der Waals surface area contributed by atoms with E-state index in [0.29, 0.717) is 19.2 Å². The Balaban J connectivity index is 1.68. The number of piperidine rings is 1. The molecule has 1 aliphatic heterocycles. The number of carbonyl (C=O) groups is 1. The van der Waals surface area contributed by atoms with Gasteiger partial charge in [0.1, 0.15) is 5.76 Å². The average molecular weight is 253 g/mol. The molecule has 100 valence electrons. The van der Waals surface area contributed by atoms with Gasteiger partial charge in [-0.25, -0.2) is 4.79 Å². The van der Waals surface area contributed by atoms with Gasteiger partial charge in [-0.3, -0.25) is 0 Å². The molecule has 1 aromatic heterocycles. The lowest BCUT2D eigenvalue weighted by atomic mass is 10.1. The van der Waals surface area contributed by atoms with Crippen LogP contribution in [0.5, 0.6) is 0 Å². The molecule has 0 bridgehead atoms. The van der Waals surface area contributed by atoms with Crippen LogP contribution >= 0.6 is 0 Å². The Morgan fingerprint density at radius 2 is 2.39 bits per heavy atom. The molecule has 0 atom stereocenters. The fourth-order valence-electron chi connectivity index (χ4n) is 2.06. The molecule has 2 rings (SSSR count). The maximum atomic E-state index is 11.5. The molecular weight excluding hydrogens is 234 g/mol. The zero-order valence-corrected chi connectivity index (χ0v) is 10.6. The Morgan fingerprint density at radius 1 is 1.61 bits per heavy atom. The first-order valence-corrected chi connectivity index (χ1v) is 6.34. The van der Waals surface area contributed by atoms with Crippen molar-refractivity contribution in [3.8, 4) is 0 Å². The summed E-state index contributed by atoms with van der Waals surface area (Å²) in [5.74, 6) is 0.836. The first-order chi connectivity index (χ1) is 8.79. The normalized spacial score (nSPS) is 16.8. The van der Waals surface area contributed by atoms with E-state index in [4.69, 9.17) is 9.26 Å². The van der Waals surface area contributed by atoms with Crippen molar-refractivity contribution in [3.63, 3.8) is 0 Å². The Hall–Kier alpha value is -1.56. The Bertz CT molecular complexity index is 359. The number of hydrogen-bond donors (Lipinski definition) is 1. The van der Waals surface area contributed by atoms with E-state index in [1.807, 2.05) is 13.0 Å². The SMILES string of the molecule is CCOC(=O)N1CCC(NCc2ccno2)CC1. The minimum atomic E-state index is -0.203. The highest BCUT2D eigenvalue weighted by Crippen LogP contribution is 2.12. The zero-order chi connectivity index (χ0) is 12.8. The van der Waals surface area contributed by atoms with E-state index in [1.165, 1.54) is 0 Å². The van der Waals surface area contributed by atoms with Crippen LogP contribution in [-0.2, 0) is 11.3 Å². The van der Waals surface area contributed by atoms with Gasteiger partial charge in [-0.15, -0.1) is 0 Å². The summed E-state index contributed by atoms with van der Waals surface area (Å²) in [6.07, 6.45) is 3.31. The predicted octanol–water partition coefficient (Wildman–Crippen LogP) is 1.39. The number of ether oxygens (including phenoxy) is 1. The Kier molecular flexibility index (Phi) is 4.58. The third-order valence-corrected chi connectivity index (χ3v) is 3.08. The van der Waals surface area contributed by atoms with E-state index >= 15 is 0 Å². The van der Waals surface area contributed by atoms with Crippen LogP contribution in [0.4, 0.5) is 4.79 Å². The minimum Gasteiger partial charge on any atom is -0.450 e. The summed E-state index contributed by atoms with van der Waals surface area (Å²) in [5, 5.41) is 7.06. The lowest BCUT2D eigenvalue weighted by Gasteiger charge is -2.31. The highest BCUT2D eigenvalue weighted by Gasteiger charge is 2.23. The van der Waals surface area contributed by atoms with Crippen molar-refractivity contribution < 1.29 is 14.1 Å². The molecule has 1 saturated heterocycles. The van der Waals surface area contributed by atoms with Crippen LogP contribution < -0.4 is 5.32 Å². The molecule has 2 heterocycles. The molecule has 0 radical (unpaired) electrons. The molecule has 0 aliphatic carbocycles. The molecule has 1 aliphatic rings. The molecule has 1 fully saturated rings. The van der Waals surface area contributed by atoms with E-state index in [9.17, 15) is 4.79 Å². The molecular formula is C12H19N3O3. The number of aromatic nitrogens is 1. The van der Waals surface area contributed by atoms with Crippen LogP contribution in [0.3, 0.4) is 0 Å². The van der Waals surface area contributed by atoms with Crippen LogP contribution in [0.25, 0.3) is 0 Å². The average Bonchev–Trinajstić information content (AvgIpc) is 2.90. The summed E-state index contributed by atoms with van der Waals surface area (Å²) >= 11 is 0. The molecule has 6 nitrogen and oxygen atoms in total. The van der Waals surface area contributed by atoms with Crippen LogP contribution in [-0.4, -0.2) is 41.9 Å². The number of hydrogen-bond acceptors (Lipinski definition) is 5. The van der Waals surface area contributed by atoms with Crippen molar-refractivity contribution in [2.75, 3.05) is 19.7 Å². The molecule has 0 saturated carbocycles. The van der Waals surface area contributed by atoms with Crippen molar-refractivity contribution in [1.29, 1.82) is 0 Å². The van der Waals surface area contributed by atoms with Crippen LogP contribution in [0.2, 0.25) is 0 Å². The summed E-state index contributed by atoms with van der Waals surface area (Å²) in [4.78, 5) is 13.3. The first kappa shape index (κ1) is 12.9. The van der Waals surface area contributed by atoms with Crippen molar-refractivity contribution in [3.05, 3.63) is 18.0 Å². The second-order valence-electron chi connectivity index (χ2n) is 4.32. The van der Waals surface area contributed by atoms with E-state index in [0.717, 1.165) is 31.7 Å². The molecule has 6 heteroatoms. The quantitative estimate of drug-likeness (QED) is 0.878. The van der Waals surface area contributed by atoms with E-state index < -0.39 is 0 Å². The second-order valence-corrected chi connectivity index (χ2v) is 4.32. The van der Waals surface area contributed by atoms with Crippen molar-refractivity contribution >= 4 is 6.09 Å². The summed E-state index contributed by atoms with van der Waals surface area (Å²) in [6.45, 7) is 4.43. The molecule has 1 aromatic rings. The van der Waals surface area contributed by atoms with Crippen molar-refractivity contribution in [2.24, 2.45) is 0 Å². The maximum absolute atomic E-state index is 11.5. The molecule has 18 heavy (non-hydrogen) atoms. The largest absolute Gasteiger partial charge is 0.450 e. The van der Waals surface area contributed by atoms with Gasteiger partial charge < -0.3 is 19.5 Å². The smallest absolute Gasteiger partial charge is 0.409 e. The topological polar surface area (TPSA) is 67.6 Å². The van der Waals surface area contributed by atoms with Crippen molar-refractivity contribution in [2.45, 2.75) is 32.4 Å². The monoisotopic (exact) mass is 253 g/mol. The summed E-state index contributed by atoms with van der Waals surface area (Å²) < 4.78 is 10.00. The second kappa shape index (κ2) is 6.39. The molecule has 0 aromatic carbocycles. The Morgan fingerprint density at radius 3 is 3.00 bits per heavy atom. The zero-order valence-electron chi connectivity index (χ0n) is 10.6. The number of likely N-dealkylation sites (tertiary alicyclic amines) is 1. The maximum Gasteiger partial charge on any atom is 0.409 e. The number of carbonyl (C=O) groups excluding carboxylic acids is 1. The number of rotatable bonds is 4. The van der Waals surface area contributed by atoms with Crippen LogP contribution in [0.1, 0.15) is 25.5 Å². The van der Waals surface area contributed by atoms with Gasteiger partial charge in [-0.2, -0.15) is 0 Å². The van der Waals surface area contributed by atoms with Gasteiger partial charge in [0.2, 0.25) is 0 Å². The van der Waals surface area contributed by atoms with E-state index in [1.54, 1.807) is 11.1 Å². The van der Waals surface area contributed by atoms with Gasteiger partial charge in [0.05, 0.1) is 19.3 Å². The summed E-state index contributed by atoms with van der Waals surface area (Å²) in [7, 11) is 0. The molecule has 0 spiro atoms. The van der Waals surface area contributed by atoms with Crippen molar-refractivity contribution in [1.82, 2.24) is 15.4 Å². The van der Waals surface area contributed by atoms with Gasteiger partial charge in [0, 0.05) is 25.2 Å². The minimum absolute atomic E-state index is 0.203. The van der Waals surface area contributed by atoms with Gasteiger partial charge in [-0.05, 0) is 19.8 Å². The van der Waals surface area contributed by atoms with Crippen LogP contribution in [0, 0.1) is 0 Å². The molecule has 1 amide bonds. The highest BCUT2D eigenvalue weighted by molar-refractivity contribution is 5.67. The number of amides is 1. The van der Waals surface area contributed by atoms with E-state index in [-0.39, 0.29) is 6.09 Å². The number of nitrogens with one attached hydrogen (secondary N) is 1. The lowest BCUT2D eigenvalue weighted by molar-refractivity contribution is 0.0948. The summed E-state index contributed by atoms with van der Waals surface area (Å²) in [6, 6.07) is 2.27. The van der Waals surface area contributed by atoms with Gasteiger partial charge in [0.25, 0.3) is 0 Å². The fourth-order valence-corrected chi connectivity index (χ4v) is 2.06. The van der Waals surface area contributed by atoms with Crippen LogP contribution in [0.15, 0.2) is 16.8 Å². The first-order valence-electron chi connectivity index (χ1n) is 6.34. The fraction of sp³-hybridized carbons (Fsp3) is 0.667. The third kappa shape index (κ3) is 3.46. The third-order valence-electron chi connectivity index (χ3n) is 3.08.